The third kappa shape index (κ3) is 2.69. The zero-order valence-electron chi connectivity index (χ0n) is 12.4. The normalized spacial score (nSPS) is 19.2. The van der Waals surface area contributed by atoms with E-state index in [-0.39, 0.29) is 17.9 Å². The van der Waals surface area contributed by atoms with Crippen LogP contribution in [0.3, 0.4) is 0 Å². The number of primary amides is 1. The summed E-state index contributed by atoms with van der Waals surface area (Å²) in [5.74, 6) is 1.65. The summed E-state index contributed by atoms with van der Waals surface area (Å²) in [7, 11) is 1.85. The molecule has 2 heterocycles. The molecule has 0 bridgehead atoms. The van der Waals surface area contributed by atoms with Crippen LogP contribution in [0.1, 0.15) is 44.6 Å². The molecular weight excluding hydrogens is 254 g/mol. The van der Waals surface area contributed by atoms with Crippen LogP contribution in [0.15, 0.2) is 6.33 Å². The van der Waals surface area contributed by atoms with Gasteiger partial charge in [0.2, 0.25) is 5.91 Å². The Kier molecular flexibility index (Phi) is 4.42. The number of nitrogens with one attached hydrogen (secondary N) is 1. The van der Waals surface area contributed by atoms with Crippen LogP contribution in [-0.4, -0.2) is 35.5 Å². The third-order valence-corrected chi connectivity index (χ3v) is 3.78. The molecule has 110 valence electrons. The predicted octanol–water partition coefficient (Wildman–Crippen LogP) is 1.49. The van der Waals surface area contributed by atoms with Crippen molar-refractivity contribution in [2.24, 2.45) is 5.73 Å². The van der Waals surface area contributed by atoms with Crippen molar-refractivity contribution in [3.63, 3.8) is 0 Å². The largest absolute Gasteiger partial charge is 0.373 e. The van der Waals surface area contributed by atoms with E-state index >= 15 is 0 Å². The van der Waals surface area contributed by atoms with Crippen molar-refractivity contribution in [1.82, 2.24) is 9.97 Å². The van der Waals surface area contributed by atoms with Gasteiger partial charge in [0.1, 0.15) is 24.0 Å². The van der Waals surface area contributed by atoms with E-state index < -0.39 is 0 Å². The Balaban J connectivity index is 2.47. The summed E-state index contributed by atoms with van der Waals surface area (Å²) >= 11 is 0. The molecule has 0 aromatic carbocycles. The highest BCUT2D eigenvalue weighted by Crippen LogP contribution is 2.33. The number of hydrogen-bond donors (Lipinski definition) is 2. The van der Waals surface area contributed by atoms with E-state index in [2.05, 4.69) is 29.1 Å². The maximum atomic E-state index is 11.7. The second-order valence-corrected chi connectivity index (χ2v) is 5.47. The molecule has 2 rings (SSSR count). The minimum Gasteiger partial charge on any atom is -0.373 e. The molecule has 1 aromatic heterocycles. The summed E-state index contributed by atoms with van der Waals surface area (Å²) in [5, 5.41) is 3.11. The lowest BCUT2D eigenvalue weighted by molar-refractivity contribution is -0.119. The molecule has 1 fully saturated rings. The van der Waals surface area contributed by atoms with Crippen molar-refractivity contribution >= 4 is 17.5 Å². The van der Waals surface area contributed by atoms with Crippen LogP contribution in [0, 0.1) is 0 Å². The lowest BCUT2D eigenvalue weighted by atomic mass is 9.98. The minimum atomic E-state index is -0.274. The summed E-state index contributed by atoms with van der Waals surface area (Å²) in [6.45, 7) is 5.02. The molecule has 6 heteroatoms. The van der Waals surface area contributed by atoms with Crippen LogP contribution in [0.2, 0.25) is 0 Å². The van der Waals surface area contributed by atoms with Gasteiger partial charge in [0.25, 0.3) is 0 Å². The Bertz CT molecular complexity index is 488. The Labute approximate surface area is 119 Å². The molecule has 1 atom stereocenters. The fourth-order valence-corrected chi connectivity index (χ4v) is 2.83. The maximum absolute atomic E-state index is 11.7. The number of carbonyl (C=O) groups is 1. The van der Waals surface area contributed by atoms with Gasteiger partial charge >= 0.3 is 0 Å². The highest BCUT2D eigenvalue weighted by atomic mass is 16.1. The fraction of sp³-hybridized carbons (Fsp3) is 0.643. The van der Waals surface area contributed by atoms with Gasteiger partial charge < -0.3 is 16.0 Å². The number of nitrogens with two attached hydrogens (primary N) is 1. The molecule has 1 amide bonds. The molecular formula is C14H23N5O. The van der Waals surface area contributed by atoms with Gasteiger partial charge in [-0.1, -0.05) is 13.8 Å². The van der Waals surface area contributed by atoms with E-state index in [1.807, 2.05) is 11.9 Å². The van der Waals surface area contributed by atoms with Crippen molar-refractivity contribution in [1.29, 1.82) is 0 Å². The Hall–Kier alpha value is -1.85. The molecule has 1 aromatic rings. The third-order valence-electron chi connectivity index (χ3n) is 3.78. The second kappa shape index (κ2) is 6.07. The van der Waals surface area contributed by atoms with E-state index in [0.29, 0.717) is 0 Å². The van der Waals surface area contributed by atoms with Crippen molar-refractivity contribution < 1.29 is 4.79 Å². The average Bonchev–Trinajstić information content (AvgIpc) is 2.46. The first-order valence-corrected chi connectivity index (χ1v) is 7.14. The number of rotatable bonds is 4. The van der Waals surface area contributed by atoms with Crippen LogP contribution in [0.5, 0.6) is 0 Å². The second-order valence-electron chi connectivity index (χ2n) is 5.47. The minimum absolute atomic E-state index is 0.263. The van der Waals surface area contributed by atoms with Crippen LogP contribution in [-0.2, 0) is 4.79 Å². The maximum Gasteiger partial charge on any atom is 0.240 e. The molecule has 1 saturated heterocycles. The van der Waals surface area contributed by atoms with Gasteiger partial charge in [-0.05, 0) is 25.2 Å². The Morgan fingerprint density at radius 3 is 2.80 bits per heavy atom. The molecule has 0 saturated carbocycles. The van der Waals surface area contributed by atoms with Gasteiger partial charge in [-0.3, -0.25) is 4.79 Å². The molecule has 1 unspecified atom stereocenters. The van der Waals surface area contributed by atoms with E-state index in [4.69, 9.17) is 5.73 Å². The van der Waals surface area contributed by atoms with E-state index in [9.17, 15) is 4.79 Å². The van der Waals surface area contributed by atoms with Gasteiger partial charge in [-0.15, -0.1) is 0 Å². The van der Waals surface area contributed by atoms with E-state index in [1.54, 1.807) is 6.33 Å². The Morgan fingerprint density at radius 1 is 1.45 bits per heavy atom. The van der Waals surface area contributed by atoms with E-state index in [0.717, 1.165) is 43.0 Å². The van der Waals surface area contributed by atoms with Crippen LogP contribution >= 0.6 is 0 Å². The zero-order valence-corrected chi connectivity index (χ0v) is 12.4. The quantitative estimate of drug-likeness (QED) is 0.871. The highest BCUT2D eigenvalue weighted by Gasteiger charge is 2.30. The first-order chi connectivity index (χ1) is 9.56. The SMILES string of the molecule is CNc1ncnc(N2CCCCC2C(N)=O)c1C(C)C. The van der Waals surface area contributed by atoms with Crippen LogP contribution < -0.4 is 16.0 Å². The van der Waals surface area contributed by atoms with Gasteiger partial charge in [-0.2, -0.15) is 0 Å². The summed E-state index contributed by atoms with van der Waals surface area (Å²) in [5.41, 5.74) is 6.60. The Morgan fingerprint density at radius 2 is 2.20 bits per heavy atom. The molecule has 3 N–H and O–H groups in total. The lowest BCUT2D eigenvalue weighted by Crippen LogP contribution is -2.48. The van der Waals surface area contributed by atoms with Gasteiger partial charge in [0.15, 0.2) is 0 Å². The number of hydrogen-bond acceptors (Lipinski definition) is 5. The number of anilines is 2. The first kappa shape index (κ1) is 14.6. The number of piperidine rings is 1. The molecule has 0 spiro atoms. The average molecular weight is 277 g/mol. The standard InChI is InChI=1S/C14H23N5O/c1-9(2)11-13(16-3)17-8-18-14(11)19-7-5-4-6-10(19)12(15)20/h8-10H,4-7H2,1-3H3,(H2,15,20)(H,16,17,18). The summed E-state index contributed by atoms with van der Waals surface area (Å²) in [4.78, 5) is 22.5. The molecule has 0 aliphatic carbocycles. The number of aromatic nitrogens is 2. The summed E-state index contributed by atoms with van der Waals surface area (Å²) in [6.07, 6.45) is 4.43. The monoisotopic (exact) mass is 277 g/mol. The number of carbonyl (C=O) groups excluding carboxylic acids is 1. The number of nitrogens with zero attached hydrogens (tertiary/aromatic N) is 3. The van der Waals surface area contributed by atoms with Gasteiger partial charge in [0.05, 0.1) is 0 Å². The molecule has 20 heavy (non-hydrogen) atoms. The van der Waals surface area contributed by atoms with Crippen molar-refractivity contribution in [2.45, 2.75) is 45.1 Å². The smallest absolute Gasteiger partial charge is 0.240 e. The topological polar surface area (TPSA) is 84.1 Å². The molecule has 6 nitrogen and oxygen atoms in total. The van der Waals surface area contributed by atoms with Crippen LogP contribution in [0.4, 0.5) is 11.6 Å². The highest BCUT2D eigenvalue weighted by molar-refractivity contribution is 5.84. The van der Waals surface area contributed by atoms with Crippen molar-refractivity contribution in [2.75, 3.05) is 23.8 Å². The number of amides is 1. The molecule has 1 aliphatic heterocycles. The molecule has 0 radical (unpaired) electrons. The van der Waals surface area contributed by atoms with E-state index in [1.165, 1.54) is 0 Å². The summed E-state index contributed by atoms with van der Waals surface area (Å²) in [6, 6.07) is -0.263. The molecule has 1 aliphatic rings. The van der Waals surface area contributed by atoms with Gasteiger partial charge in [-0.25, -0.2) is 9.97 Å². The van der Waals surface area contributed by atoms with Crippen molar-refractivity contribution in [3.05, 3.63) is 11.9 Å². The lowest BCUT2D eigenvalue weighted by Gasteiger charge is -2.36. The van der Waals surface area contributed by atoms with Crippen LogP contribution in [0.25, 0.3) is 0 Å². The summed E-state index contributed by atoms with van der Waals surface area (Å²) < 4.78 is 0. The van der Waals surface area contributed by atoms with Crippen molar-refractivity contribution in [3.8, 4) is 0 Å². The fourth-order valence-electron chi connectivity index (χ4n) is 2.83. The predicted molar refractivity (Wildman–Crippen MR) is 79.8 cm³/mol. The van der Waals surface area contributed by atoms with Gasteiger partial charge in [0, 0.05) is 19.2 Å². The first-order valence-electron chi connectivity index (χ1n) is 7.14. The zero-order chi connectivity index (χ0) is 14.7.